The lowest BCUT2D eigenvalue weighted by atomic mass is 10.2. The van der Waals surface area contributed by atoms with Gasteiger partial charge in [0.25, 0.3) is 0 Å². The number of carbonyl (C=O) groups is 2. The van der Waals surface area contributed by atoms with E-state index in [0.29, 0.717) is 11.4 Å². The zero-order chi connectivity index (χ0) is 19.3. The molecule has 2 aromatic carbocycles. The zero-order valence-corrected chi connectivity index (χ0v) is 14.1. The minimum Gasteiger partial charge on any atom is -0.495 e. The second-order valence-electron chi connectivity index (χ2n) is 5.40. The Labute approximate surface area is 148 Å². The van der Waals surface area contributed by atoms with Gasteiger partial charge in [-0.2, -0.15) is 13.2 Å². The van der Waals surface area contributed by atoms with Gasteiger partial charge in [0.15, 0.2) is 0 Å². The molecule has 2 aromatic rings. The van der Waals surface area contributed by atoms with Crippen molar-refractivity contribution < 1.29 is 27.5 Å². The number of hydrogen-bond acceptors (Lipinski definition) is 3. The Morgan fingerprint density at radius 1 is 1.12 bits per heavy atom. The van der Waals surface area contributed by atoms with E-state index >= 15 is 0 Å². The molecule has 138 valence electrons. The molecule has 0 unspecified atom stereocenters. The zero-order valence-electron chi connectivity index (χ0n) is 14.1. The van der Waals surface area contributed by atoms with Crippen molar-refractivity contribution in [1.29, 1.82) is 0 Å². The van der Waals surface area contributed by atoms with Crippen LogP contribution < -0.4 is 15.0 Å². The first kappa shape index (κ1) is 19.3. The summed E-state index contributed by atoms with van der Waals surface area (Å²) in [6, 6.07) is 10.9. The van der Waals surface area contributed by atoms with Crippen molar-refractivity contribution in [2.24, 2.45) is 0 Å². The van der Waals surface area contributed by atoms with Crippen LogP contribution in [-0.2, 0) is 15.8 Å². The number of hydrogen-bond donors (Lipinski definition) is 1. The van der Waals surface area contributed by atoms with Crippen LogP contribution in [0.15, 0.2) is 48.5 Å². The van der Waals surface area contributed by atoms with E-state index in [1.165, 1.54) is 31.1 Å². The van der Waals surface area contributed by atoms with E-state index in [1.54, 1.807) is 24.3 Å². The van der Waals surface area contributed by atoms with Gasteiger partial charge >= 0.3 is 6.18 Å². The second-order valence-corrected chi connectivity index (χ2v) is 5.40. The SMILES string of the molecule is COc1ccccc1N(CC(=O)Nc1cccc(C(F)(F)F)c1)C(C)=O. The molecule has 2 amide bonds. The van der Waals surface area contributed by atoms with E-state index in [0.717, 1.165) is 12.1 Å². The lowest BCUT2D eigenvalue weighted by Gasteiger charge is -2.22. The first-order valence-electron chi connectivity index (χ1n) is 7.60. The molecule has 2 rings (SSSR count). The number of para-hydroxylation sites is 2. The highest BCUT2D eigenvalue weighted by Gasteiger charge is 2.30. The molecule has 0 heterocycles. The fraction of sp³-hybridized carbons (Fsp3) is 0.222. The van der Waals surface area contributed by atoms with Gasteiger partial charge < -0.3 is 10.1 Å². The van der Waals surface area contributed by atoms with Crippen LogP contribution in [0.4, 0.5) is 24.5 Å². The van der Waals surface area contributed by atoms with Gasteiger partial charge in [0.1, 0.15) is 12.3 Å². The Hall–Kier alpha value is -3.03. The maximum absolute atomic E-state index is 12.7. The summed E-state index contributed by atoms with van der Waals surface area (Å²) >= 11 is 0. The molecule has 0 spiro atoms. The van der Waals surface area contributed by atoms with Gasteiger partial charge in [-0.25, -0.2) is 0 Å². The summed E-state index contributed by atoms with van der Waals surface area (Å²) in [5, 5.41) is 2.37. The minimum absolute atomic E-state index is 0.00615. The molecule has 0 aliphatic carbocycles. The molecule has 26 heavy (non-hydrogen) atoms. The van der Waals surface area contributed by atoms with Crippen molar-refractivity contribution in [1.82, 2.24) is 0 Å². The number of rotatable bonds is 5. The monoisotopic (exact) mass is 366 g/mol. The molecule has 0 atom stereocenters. The smallest absolute Gasteiger partial charge is 0.416 e. The highest BCUT2D eigenvalue weighted by molar-refractivity contribution is 6.02. The highest BCUT2D eigenvalue weighted by atomic mass is 19.4. The van der Waals surface area contributed by atoms with Crippen molar-refractivity contribution in [2.75, 3.05) is 23.9 Å². The number of methoxy groups -OCH3 is 1. The van der Waals surface area contributed by atoms with E-state index in [1.807, 2.05) is 0 Å². The third-order valence-electron chi connectivity index (χ3n) is 3.53. The predicted octanol–water partition coefficient (Wildman–Crippen LogP) is 3.71. The van der Waals surface area contributed by atoms with E-state index in [2.05, 4.69) is 5.32 Å². The van der Waals surface area contributed by atoms with Crippen LogP contribution in [0.25, 0.3) is 0 Å². The van der Waals surface area contributed by atoms with Crippen LogP contribution >= 0.6 is 0 Å². The number of nitrogens with zero attached hydrogens (tertiary/aromatic N) is 1. The van der Waals surface area contributed by atoms with E-state index in [4.69, 9.17) is 4.74 Å². The first-order valence-corrected chi connectivity index (χ1v) is 7.60. The van der Waals surface area contributed by atoms with Crippen LogP contribution in [-0.4, -0.2) is 25.5 Å². The fourth-order valence-corrected chi connectivity index (χ4v) is 2.34. The normalized spacial score (nSPS) is 11.0. The first-order chi connectivity index (χ1) is 12.2. The van der Waals surface area contributed by atoms with Crippen molar-refractivity contribution in [3.05, 3.63) is 54.1 Å². The minimum atomic E-state index is -4.51. The maximum Gasteiger partial charge on any atom is 0.416 e. The topological polar surface area (TPSA) is 58.6 Å². The van der Waals surface area contributed by atoms with E-state index in [9.17, 15) is 22.8 Å². The molecule has 0 aliphatic rings. The van der Waals surface area contributed by atoms with Gasteiger partial charge in [-0.05, 0) is 30.3 Å². The Morgan fingerprint density at radius 2 is 1.81 bits per heavy atom. The van der Waals surface area contributed by atoms with Gasteiger partial charge in [0.2, 0.25) is 11.8 Å². The van der Waals surface area contributed by atoms with Gasteiger partial charge in [0.05, 0.1) is 18.4 Å². The third-order valence-corrected chi connectivity index (χ3v) is 3.53. The highest BCUT2D eigenvalue weighted by Crippen LogP contribution is 2.31. The standard InChI is InChI=1S/C18H17F3N2O3/c1-12(24)23(15-8-3-4-9-16(15)26-2)11-17(25)22-14-7-5-6-13(10-14)18(19,20)21/h3-10H,11H2,1-2H3,(H,22,25). The number of anilines is 2. The average Bonchev–Trinajstić information content (AvgIpc) is 2.59. The lowest BCUT2D eigenvalue weighted by molar-refractivity contribution is -0.137. The van der Waals surface area contributed by atoms with E-state index in [-0.39, 0.29) is 12.2 Å². The quantitative estimate of drug-likeness (QED) is 0.878. The van der Waals surface area contributed by atoms with Crippen molar-refractivity contribution in [2.45, 2.75) is 13.1 Å². The molecular weight excluding hydrogens is 349 g/mol. The van der Waals surface area contributed by atoms with Gasteiger partial charge in [-0.1, -0.05) is 18.2 Å². The summed E-state index contributed by atoms with van der Waals surface area (Å²) in [5.74, 6) is -0.645. The number of halogens is 3. The molecule has 0 radical (unpaired) electrons. The molecule has 0 aromatic heterocycles. The van der Waals surface area contributed by atoms with Gasteiger partial charge in [-0.15, -0.1) is 0 Å². The number of benzene rings is 2. The Kier molecular flexibility index (Phi) is 5.86. The summed E-state index contributed by atoms with van der Waals surface area (Å²) in [6.45, 7) is 0.913. The molecule has 0 bridgehead atoms. The summed E-state index contributed by atoms with van der Waals surface area (Å²) in [7, 11) is 1.43. The van der Waals surface area contributed by atoms with Crippen molar-refractivity contribution in [3.8, 4) is 5.75 Å². The third kappa shape index (κ3) is 4.75. The van der Waals surface area contributed by atoms with Crippen molar-refractivity contribution >= 4 is 23.2 Å². The summed E-state index contributed by atoms with van der Waals surface area (Å²) in [5.41, 5.74) is -0.488. The van der Waals surface area contributed by atoms with Crippen molar-refractivity contribution in [3.63, 3.8) is 0 Å². The molecule has 0 saturated carbocycles. The maximum atomic E-state index is 12.7. The second kappa shape index (κ2) is 7.90. The van der Waals surface area contributed by atoms with Crippen LogP contribution in [0.3, 0.4) is 0 Å². The van der Waals surface area contributed by atoms with E-state index < -0.39 is 23.6 Å². The van der Waals surface area contributed by atoms with Crippen LogP contribution in [0.2, 0.25) is 0 Å². The molecule has 1 N–H and O–H groups in total. The number of carbonyl (C=O) groups excluding carboxylic acids is 2. The Bertz CT molecular complexity index is 806. The van der Waals surface area contributed by atoms with Crippen LogP contribution in [0.5, 0.6) is 5.75 Å². The molecule has 5 nitrogen and oxygen atoms in total. The Balaban J connectivity index is 2.18. The Morgan fingerprint density at radius 3 is 2.42 bits per heavy atom. The molecule has 0 fully saturated rings. The number of nitrogens with one attached hydrogen (secondary N) is 1. The van der Waals surface area contributed by atoms with Crippen LogP contribution in [0, 0.1) is 0 Å². The van der Waals surface area contributed by atoms with Gasteiger partial charge in [0, 0.05) is 12.6 Å². The number of ether oxygens (including phenoxy) is 1. The number of alkyl halides is 3. The predicted molar refractivity (Wildman–Crippen MR) is 91.1 cm³/mol. The summed E-state index contributed by atoms with van der Waals surface area (Å²) in [4.78, 5) is 25.3. The summed E-state index contributed by atoms with van der Waals surface area (Å²) < 4.78 is 43.4. The van der Waals surface area contributed by atoms with Gasteiger partial charge in [-0.3, -0.25) is 14.5 Å². The molecule has 0 aliphatic heterocycles. The largest absolute Gasteiger partial charge is 0.495 e. The molecule has 8 heteroatoms. The number of amides is 2. The molecular formula is C18H17F3N2O3. The summed E-state index contributed by atoms with van der Waals surface area (Å²) in [6.07, 6.45) is -4.51. The van der Waals surface area contributed by atoms with Crippen LogP contribution in [0.1, 0.15) is 12.5 Å². The fourth-order valence-electron chi connectivity index (χ4n) is 2.34. The lowest BCUT2D eigenvalue weighted by Crippen LogP contribution is -2.36. The average molecular weight is 366 g/mol. The molecule has 0 saturated heterocycles.